The Hall–Kier alpha value is -6.19. The maximum atomic E-state index is 14.5. The molecule has 0 radical (unpaired) electrons. The van der Waals surface area contributed by atoms with Gasteiger partial charge in [0.05, 0.1) is 12.6 Å². The van der Waals surface area contributed by atoms with E-state index >= 15 is 0 Å². The lowest BCUT2D eigenvalue weighted by Crippen LogP contribution is -2.62. The maximum absolute atomic E-state index is 14.5. The summed E-state index contributed by atoms with van der Waals surface area (Å²) in [4.78, 5) is 141. The third kappa shape index (κ3) is 31.0. The normalized spacial score (nSPS) is 15.5. The first kappa shape index (κ1) is 74.8. The Morgan fingerprint density at radius 3 is 1.10 bits per heavy atom. The average molecular weight is 1150 g/mol. The second-order valence-corrected chi connectivity index (χ2v) is 22.7. The molecule has 0 spiro atoms. The maximum Gasteiger partial charge on any atom is 0.245 e. The number of carbonyl (C=O) groups excluding carboxylic acids is 10. The summed E-state index contributed by atoms with van der Waals surface area (Å²) in [6, 6.07) is -11.2. The van der Waals surface area contributed by atoms with Gasteiger partial charge in [0.15, 0.2) is 5.96 Å². The number of carbonyl (C=O) groups is 10. The van der Waals surface area contributed by atoms with E-state index in [1.807, 2.05) is 55.4 Å². The van der Waals surface area contributed by atoms with Crippen LogP contribution in [-0.4, -0.2) is 157 Å². The summed E-state index contributed by atoms with van der Waals surface area (Å²) in [7, 11) is 0. The Labute approximate surface area is 479 Å². The number of aliphatic imine (C=N–C) groups is 1. The molecule has 0 saturated heterocycles. The lowest BCUT2D eigenvalue weighted by atomic mass is 9.96. The molecule has 0 aliphatic carbocycles. The lowest BCUT2D eigenvalue weighted by molar-refractivity contribution is -0.137. The lowest BCUT2D eigenvalue weighted by Gasteiger charge is -2.30. The smallest absolute Gasteiger partial charge is 0.245 e. The van der Waals surface area contributed by atoms with Gasteiger partial charge in [-0.15, -0.1) is 0 Å². The van der Waals surface area contributed by atoms with Crippen molar-refractivity contribution in [1.29, 1.82) is 0 Å². The van der Waals surface area contributed by atoms with Crippen molar-refractivity contribution in [3.63, 3.8) is 0 Å². The Kier molecular flexibility index (Phi) is 37.0. The number of aliphatic hydroxyl groups is 1. The van der Waals surface area contributed by atoms with Crippen LogP contribution in [0.5, 0.6) is 0 Å². The highest BCUT2D eigenvalue weighted by Gasteiger charge is 2.37. The van der Waals surface area contributed by atoms with Gasteiger partial charge in [0.2, 0.25) is 59.1 Å². The Morgan fingerprint density at radius 2 is 0.728 bits per heavy atom. The van der Waals surface area contributed by atoms with Crippen LogP contribution in [0.25, 0.3) is 0 Å². The molecule has 27 heteroatoms. The van der Waals surface area contributed by atoms with E-state index in [1.165, 1.54) is 6.92 Å². The second kappa shape index (κ2) is 40.1. The number of hydrogen-bond acceptors (Lipinski definition) is 15. The van der Waals surface area contributed by atoms with Crippen LogP contribution in [-0.2, 0) is 47.9 Å². The van der Waals surface area contributed by atoms with E-state index in [1.54, 1.807) is 13.8 Å². The number of nitrogens with zero attached hydrogens (tertiary/aromatic N) is 1. The summed E-state index contributed by atoms with van der Waals surface area (Å²) in [6.45, 7) is 19.7. The second-order valence-electron chi connectivity index (χ2n) is 22.7. The first-order chi connectivity index (χ1) is 37.9. The molecule has 0 aromatic rings. The molecule has 0 heterocycles. The number of unbranched alkanes of at least 4 members (excludes halogenated alkanes) is 2. The van der Waals surface area contributed by atoms with Crippen LogP contribution in [0.15, 0.2) is 4.99 Å². The monoisotopic (exact) mass is 1150 g/mol. The van der Waals surface area contributed by atoms with Crippen molar-refractivity contribution in [2.75, 3.05) is 26.2 Å². The molecule has 10 amide bonds. The minimum atomic E-state index is -1.63. The molecule has 0 bridgehead atoms. The fourth-order valence-corrected chi connectivity index (χ4v) is 8.60. The Balaban J connectivity index is 7.03. The average Bonchev–Trinajstić information content (AvgIpc) is 3.37. The molecule has 81 heavy (non-hydrogen) atoms. The fraction of sp³-hybridized carbons (Fsp3) is 0.796. The van der Waals surface area contributed by atoms with Gasteiger partial charge in [-0.2, -0.15) is 0 Å². The van der Waals surface area contributed by atoms with Crippen molar-refractivity contribution in [1.82, 2.24) is 47.9 Å². The number of aliphatic hydroxyl groups excluding tert-OH is 1. The van der Waals surface area contributed by atoms with Gasteiger partial charge < -0.3 is 87.4 Å². The number of nitrogens with two attached hydrogens (primary N) is 6. The van der Waals surface area contributed by atoms with Gasteiger partial charge in [-0.3, -0.25) is 52.9 Å². The van der Waals surface area contributed by atoms with E-state index < -0.39 is 125 Å². The molecule has 0 rings (SSSR count). The van der Waals surface area contributed by atoms with E-state index in [0.29, 0.717) is 32.1 Å². The van der Waals surface area contributed by atoms with Gasteiger partial charge in [-0.25, -0.2) is 0 Å². The fourth-order valence-electron chi connectivity index (χ4n) is 8.60. The summed E-state index contributed by atoms with van der Waals surface area (Å²) >= 11 is 0. The Morgan fingerprint density at radius 1 is 0.407 bits per heavy atom. The first-order valence-electron chi connectivity index (χ1n) is 28.8. The molecule has 22 N–H and O–H groups in total. The van der Waals surface area contributed by atoms with E-state index in [9.17, 15) is 53.1 Å². The van der Waals surface area contributed by atoms with Gasteiger partial charge >= 0.3 is 0 Å². The highest BCUT2D eigenvalue weighted by atomic mass is 16.3. The number of rotatable bonds is 42. The highest BCUT2D eigenvalue weighted by molar-refractivity contribution is 5.98. The summed E-state index contributed by atoms with van der Waals surface area (Å²) < 4.78 is 0. The summed E-state index contributed by atoms with van der Waals surface area (Å²) in [5.74, 6) is -8.52. The number of guanidine groups is 1. The number of amides is 10. The van der Waals surface area contributed by atoms with Crippen LogP contribution >= 0.6 is 0 Å². The largest absolute Gasteiger partial charge is 0.391 e. The van der Waals surface area contributed by atoms with Crippen LogP contribution < -0.4 is 82.3 Å². The topological polar surface area (TPSA) is 468 Å². The third-order valence-corrected chi connectivity index (χ3v) is 13.2. The van der Waals surface area contributed by atoms with Crippen molar-refractivity contribution in [3.8, 4) is 0 Å². The summed E-state index contributed by atoms with van der Waals surface area (Å²) in [6.07, 6.45) is 1.45. The number of primary amides is 1. The van der Waals surface area contributed by atoms with Gasteiger partial charge in [0, 0.05) is 6.54 Å². The number of hydrogen-bond donors (Lipinski definition) is 16. The summed E-state index contributed by atoms with van der Waals surface area (Å²) in [5.41, 5.74) is 33.8. The molecular weight excluding hydrogens is 1050 g/mol. The van der Waals surface area contributed by atoms with Crippen molar-refractivity contribution in [3.05, 3.63) is 0 Å². The predicted octanol–water partition coefficient (Wildman–Crippen LogP) is -2.28. The van der Waals surface area contributed by atoms with Crippen LogP contribution in [0, 0.1) is 29.6 Å². The highest BCUT2D eigenvalue weighted by Crippen LogP contribution is 2.15. The predicted molar refractivity (Wildman–Crippen MR) is 310 cm³/mol. The first-order valence-corrected chi connectivity index (χ1v) is 28.8. The zero-order valence-electron chi connectivity index (χ0n) is 50.1. The van der Waals surface area contributed by atoms with E-state index in [-0.39, 0.29) is 107 Å². The van der Waals surface area contributed by atoms with Crippen LogP contribution in [0.2, 0.25) is 0 Å². The van der Waals surface area contributed by atoms with Gasteiger partial charge in [-0.1, -0.05) is 75.7 Å². The molecule has 0 aliphatic heterocycles. The van der Waals surface area contributed by atoms with Crippen molar-refractivity contribution >= 4 is 65.0 Å². The molecule has 0 saturated carbocycles. The standard InChI is InChI=1S/C54H104N16O11/c1-12-33(10)43(52(80)65-36(19-14-16-22-56)48(76)70-44(34(11)71)53(81)68-41(27-32(8)9)51(79)66-38(45(58)73)24-29(2)3)69-47(75)37(20-17-23-61-54(59)60)63-46(74)35(18-13-15-21-55)64-50(78)40(26-31(6)7)67-49(77)39(25-30(4)5)62-42(72)28-57/h29-41,43-44,71H,12-28,55-57H2,1-11H3,(H2,58,73)(H,62,72)(H,63,74)(H,64,78)(H,65,80)(H,66,79)(H,67,77)(H,68,81)(H,69,75)(H,70,76)(H4,59,60,61)/t33-,34+,35-,36+,37+,38-,39-,40-,41-,43-,44-/m0/s1. The zero-order valence-corrected chi connectivity index (χ0v) is 50.1. The molecule has 0 unspecified atom stereocenters. The molecule has 0 aliphatic rings. The molecule has 0 fully saturated rings. The SMILES string of the molecule is CC[C@H](C)[C@H](NC(=O)[C@@H](CCCN=C(N)N)NC(=O)[C@H](CCCCN)NC(=O)[C@H](CC(C)C)NC(=O)[C@H](CC(C)C)NC(=O)CN)C(=O)N[C@H](CCCCN)C(=O)N[C@H](C(=O)N[C@@H](CC(C)C)C(=O)N[C@@H](CC(C)C)C(N)=O)[C@@H](C)O. The molecular formula is C54H104N16O11. The zero-order chi connectivity index (χ0) is 62.1. The van der Waals surface area contributed by atoms with E-state index in [0.717, 1.165) is 0 Å². The van der Waals surface area contributed by atoms with Gasteiger partial charge in [-0.05, 0) is 127 Å². The third-order valence-electron chi connectivity index (χ3n) is 13.2. The quantitative estimate of drug-likeness (QED) is 0.0174. The molecule has 0 aromatic heterocycles. The molecule has 466 valence electrons. The van der Waals surface area contributed by atoms with Crippen molar-refractivity contribution in [2.45, 2.75) is 220 Å². The van der Waals surface area contributed by atoms with Crippen LogP contribution in [0.4, 0.5) is 0 Å². The molecule has 0 aromatic carbocycles. The van der Waals surface area contributed by atoms with Gasteiger partial charge in [0.25, 0.3) is 0 Å². The number of nitrogens with one attached hydrogen (secondary N) is 9. The van der Waals surface area contributed by atoms with Crippen LogP contribution in [0.1, 0.15) is 160 Å². The van der Waals surface area contributed by atoms with E-state index in [2.05, 4.69) is 52.8 Å². The minimum Gasteiger partial charge on any atom is -0.391 e. The van der Waals surface area contributed by atoms with Crippen molar-refractivity contribution in [2.24, 2.45) is 69.0 Å². The Bertz CT molecular complexity index is 2020. The van der Waals surface area contributed by atoms with Crippen LogP contribution in [0.3, 0.4) is 0 Å². The molecule has 11 atom stereocenters. The van der Waals surface area contributed by atoms with Crippen molar-refractivity contribution < 1.29 is 53.1 Å². The molecule has 27 nitrogen and oxygen atoms in total. The minimum absolute atomic E-state index is 0.00517. The summed E-state index contributed by atoms with van der Waals surface area (Å²) in [5, 5.41) is 35.0. The van der Waals surface area contributed by atoms with Gasteiger partial charge in [0.1, 0.15) is 54.4 Å². The van der Waals surface area contributed by atoms with E-state index in [4.69, 9.17) is 34.4 Å².